The number of hydrogen-bond donors (Lipinski definition) is 3. The monoisotopic (exact) mass is 576 g/mol. The molecule has 1 fully saturated rings. The Kier molecular flexibility index (Phi) is 6.06. The van der Waals surface area contributed by atoms with Crippen LogP contribution in [0.4, 0.5) is 29.1 Å². The molecule has 1 aliphatic carbocycles. The van der Waals surface area contributed by atoms with E-state index in [1.54, 1.807) is 6.07 Å². The first-order valence-electron chi connectivity index (χ1n) is 11.8. The van der Waals surface area contributed by atoms with Crippen molar-refractivity contribution in [1.82, 2.24) is 24.9 Å². The van der Waals surface area contributed by atoms with Gasteiger partial charge in [-0.3, -0.25) is 4.99 Å². The molecule has 0 radical (unpaired) electrons. The van der Waals surface area contributed by atoms with Crippen LogP contribution < -0.4 is 15.8 Å². The largest absolute Gasteiger partial charge is 0.482 e. The quantitative estimate of drug-likeness (QED) is 0.217. The molecule has 1 aliphatic heterocycles. The molecule has 0 aromatic carbocycles. The standard InChI is InChI=1S/C24H20F4N8O3S/c1-22(15-6-23(15,40-21(29)36-22)20(37)24(26,27)28)13-4-11(7-32-18(13)25)35-19-17-14(33-10-34-19)5-12(8-31-17)39-9-16-30-2-3-38-16/h2-5,7-8,10,15,20,37H,6,9H2,1H3,(H2,29,36)(H,33,34,35)/t15-,20+,22-,23+/m1/s1. The van der Waals surface area contributed by atoms with Crippen molar-refractivity contribution < 1.29 is 31.8 Å². The highest BCUT2D eigenvalue weighted by molar-refractivity contribution is 8.15. The molecule has 40 heavy (non-hydrogen) atoms. The Morgan fingerprint density at radius 2 is 2.05 bits per heavy atom. The van der Waals surface area contributed by atoms with E-state index in [9.17, 15) is 18.3 Å². The van der Waals surface area contributed by atoms with Crippen molar-refractivity contribution in [1.29, 1.82) is 0 Å². The number of alkyl halides is 3. The fourth-order valence-electron chi connectivity index (χ4n) is 5.03. The predicted octanol–water partition coefficient (Wildman–Crippen LogP) is 3.83. The Balaban J connectivity index is 1.29. The maximum Gasteiger partial charge on any atom is 0.415 e. The molecule has 4 N–H and O–H groups in total. The molecule has 0 unspecified atom stereocenters. The number of pyridine rings is 2. The van der Waals surface area contributed by atoms with Crippen molar-refractivity contribution in [2.75, 3.05) is 5.32 Å². The van der Waals surface area contributed by atoms with Crippen molar-refractivity contribution in [2.24, 2.45) is 16.6 Å². The smallest absolute Gasteiger partial charge is 0.415 e. The molecule has 4 atom stereocenters. The van der Waals surface area contributed by atoms with E-state index in [0.29, 0.717) is 34.4 Å². The number of ether oxygens (including phenoxy) is 1. The van der Waals surface area contributed by atoms with E-state index in [1.807, 2.05) is 0 Å². The number of aliphatic hydroxyl groups is 1. The summed E-state index contributed by atoms with van der Waals surface area (Å²) in [5.74, 6) is -0.690. The lowest BCUT2D eigenvalue weighted by Gasteiger charge is -2.36. The van der Waals surface area contributed by atoms with Gasteiger partial charge in [0.2, 0.25) is 11.8 Å². The lowest BCUT2D eigenvalue weighted by Crippen LogP contribution is -2.47. The molecule has 1 saturated carbocycles. The number of fused-ring (bicyclic) bond motifs is 2. The summed E-state index contributed by atoms with van der Waals surface area (Å²) in [5, 5.41) is 13.0. The summed E-state index contributed by atoms with van der Waals surface area (Å²) in [6.07, 6.45) is -0.684. The van der Waals surface area contributed by atoms with Gasteiger partial charge in [-0.1, -0.05) is 11.8 Å². The van der Waals surface area contributed by atoms with E-state index in [1.165, 1.54) is 44.2 Å². The van der Waals surface area contributed by atoms with Crippen LogP contribution in [0.25, 0.3) is 11.0 Å². The van der Waals surface area contributed by atoms with Crippen LogP contribution in [0.3, 0.4) is 0 Å². The third-order valence-electron chi connectivity index (χ3n) is 6.98. The minimum absolute atomic E-state index is 0.0585. The number of halogens is 4. The molecule has 6 rings (SSSR count). The van der Waals surface area contributed by atoms with Crippen LogP contribution in [0.1, 0.15) is 24.8 Å². The van der Waals surface area contributed by atoms with Crippen LogP contribution in [0.2, 0.25) is 0 Å². The number of aromatic nitrogens is 5. The summed E-state index contributed by atoms with van der Waals surface area (Å²) in [4.78, 5) is 24.9. The van der Waals surface area contributed by atoms with E-state index in [2.05, 4.69) is 35.2 Å². The summed E-state index contributed by atoms with van der Waals surface area (Å²) in [6.45, 7) is 1.58. The third kappa shape index (κ3) is 4.46. The lowest BCUT2D eigenvalue weighted by atomic mass is 9.86. The van der Waals surface area contributed by atoms with Gasteiger partial charge < -0.3 is 25.3 Å². The number of nitrogens with two attached hydrogens (primary N) is 1. The van der Waals surface area contributed by atoms with E-state index in [-0.39, 0.29) is 35.3 Å². The number of nitrogens with zero attached hydrogens (tertiary/aromatic N) is 6. The van der Waals surface area contributed by atoms with Gasteiger partial charge in [0.05, 0.1) is 40.1 Å². The van der Waals surface area contributed by atoms with Gasteiger partial charge in [-0.15, -0.1) is 0 Å². The normalized spacial score (nSPS) is 24.8. The van der Waals surface area contributed by atoms with Gasteiger partial charge >= 0.3 is 6.18 Å². The van der Waals surface area contributed by atoms with Gasteiger partial charge in [-0.05, 0) is 19.4 Å². The molecule has 16 heteroatoms. The zero-order valence-electron chi connectivity index (χ0n) is 20.6. The third-order valence-corrected chi connectivity index (χ3v) is 8.34. The number of hydrogen-bond acceptors (Lipinski definition) is 12. The summed E-state index contributed by atoms with van der Waals surface area (Å²) < 4.78 is 64.6. The summed E-state index contributed by atoms with van der Waals surface area (Å²) in [7, 11) is 0. The molecule has 0 spiro atoms. The lowest BCUT2D eigenvalue weighted by molar-refractivity contribution is -0.207. The highest BCUT2D eigenvalue weighted by Crippen LogP contribution is 2.68. The van der Waals surface area contributed by atoms with Gasteiger partial charge in [-0.25, -0.2) is 24.9 Å². The fraction of sp³-hybridized carbons (Fsp3) is 0.333. The van der Waals surface area contributed by atoms with Crippen LogP contribution >= 0.6 is 11.8 Å². The Bertz CT molecular complexity index is 1620. The van der Waals surface area contributed by atoms with E-state index in [4.69, 9.17) is 14.9 Å². The predicted molar refractivity (Wildman–Crippen MR) is 135 cm³/mol. The number of rotatable bonds is 7. The van der Waals surface area contributed by atoms with E-state index in [0.717, 1.165) is 0 Å². The van der Waals surface area contributed by atoms with Gasteiger partial charge in [0.1, 0.15) is 23.9 Å². The summed E-state index contributed by atoms with van der Waals surface area (Å²) in [6, 6.07) is 3.03. The Labute approximate surface area is 227 Å². The van der Waals surface area contributed by atoms with Crippen LogP contribution in [-0.4, -0.2) is 52.2 Å². The van der Waals surface area contributed by atoms with Gasteiger partial charge in [-0.2, -0.15) is 17.6 Å². The number of oxazole rings is 1. The second-order valence-electron chi connectivity index (χ2n) is 9.52. The van der Waals surface area contributed by atoms with Crippen LogP contribution in [-0.2, 0) is 12.1 Å². The van der Waals surface area contributed by atoms with Gasteiger partial charge in [0.25, 0.3) is 0 Å². The number of anilines is 2. The summed E-state index contributed by atoms with van der Waals surface area (Å²) in [5.41, 5.74) is 5.41. The molecule has 0 saturated heterocycles. The molecule has 0 amide bonds. The molecule has 5 heterocycles. The van der Waals surface area contributed by atoms with Crippen LogP contribution in [0.5, 0.6) is 5.75 Å². The average molecular weight is 577 g/mol. The van der Waals surface area contributed by atoms with Crippen LogP contribution in [0, 0.1) is 11.9 Å². The molecular formula is C24H20F4N8O3S. The Morgan fingerprint density at radius 1 is 1.23 bits per heavy atom. The number of aliphatic imine (C=N–C) groups is 1. The first-order chi connectivity index (χ1) is 19.0. The molecule has 11 nitrogen and oxygen atoms in total. The SMILES string of the molecule is C[C@]1(c2cc(Nc3ncnc4cc(OCc5ncco5)cnc34)cnc2F)N=C(N)S[C@@]2([C@H](O)C(F)(F)F)C[C@@H]21. The first-order valence-corrected chi connectivity index (χ1v) is 12.7. The molecule has 2 aliphatic rings. The summed E-state index contributed by atoms with van der Waals surface area (Å²) >= 11 is 0.668. The minimum atomic E-state index is -4.87. The number of aliphatic hydroxyl groups excluding tert-OH is 1. The minimum Gasteiger partial charge on any atom is -0.482 e. The molecular weight excluding hydrogens is 556 g/mol. The maximum absolute atomic E-state index is 15.1. The zero-order chi connectivity index (χ0) is 28.3. The zero-order valence-corrected chi connectivity index (χ0v) is 21.4. The number of thioether (sulfide) groups is 1. The van der Waals surface area contributed by atoms with Crippen molar-refractivity contribution in [3.05, 3.63) is 60.7 Å². The highest BCUT2D eigenvalue weighted by atomic mass is 32.2. The van der Waals surface area contributed by atoms with Crippen molar-refractivity contribution in [3.63, 3.8) is 0 Å². The van der Waals surface area contributed by atoms with Crippen LogP contribution in [0.15, 0.2) is 52.7 Å². The van der Waals surface area contributed by atoms with Crippen molar-refractivity contribution in [2.45, 2.75) is 42.5 Å². The first kappa shape index (κ1) is 26.2. The fourth-order valence-corrected chi connectivity index (χ4v) is 6.52. The van der Waals surface area contributed by atoms with Crippen molar-refractivity contribution in [3.8, 4) is 5.75 Å². The Morgan fingerprint density at radius 3 is 2.80 bits per heavy atom. The van der Waals surface area contributed by atoms with Gasteiger partial charge in [0.15, 0.2) is 23.7 Å². The second kappa shape index (κ2) is 9.26. The highest BCUT2D eigenvalue weighted by Gasteiger charge is 2.74. The number of nitrogens with one attached hydrogen (secondary N) is 1. The number of amidine groups is 1. The molecule has 0 bridgehead atoms. The molecule has 4 aromatic rings. The van der Waals surface area contributed by atoms with Gasteiger partial charge in [0, 0.05) is 17.5 Å². The van der Waals surface area contributed by atoms with E-state index >= 15 is 4.39 Å². The van der Waals surface area contributed by atoms with E-state index < -0.39 is 34.4 Å². The Hall–Kier alpha value is -4.05. The molecule has 4 aromatic heterocycles. The van der Waals surface area contributed by atoms with Crippen molar-refractivity contribution >= 4 is 39.5 Å². The average Bonchev–Trinajstić information content (AvgIpc) is 3.42. The second-order valence-corrected chi connectivity index (χ2v) is 10.9. The molecule has 208 valence electrons. The maximum atomic E-state index is 15.1. The topological polar surface area (TPSA) is 157 Å².